The van der Waals surface area contributed by atoms with Crippen LogP contribution in [0.15, 0.2) is 48.9 Å². The van der Waals surface area contributed by atoms with Gasteiger partial charge in [-0.05, 0) is 43.2 Å². The van der Waals surface area contributed by atoms with E-state index in [4.69, 9.17) is 16.1 Å². The molecule has 4 heterocycles. The molecular formula is C21H22N6O. The maximum absolute atomic E-state index is 9.84. The Labute approximate surface area is 163 Å². The monoisotopic (exact) mass is 374 g/mol. The van der Waals surface area contributed by atoms with Crippen LogP contribution in [-0.4, -0.2) is 45.0 Å². The van der Waals surface area contributed by atoms with Crippen molar-refractivity contribution >= 4 is 17.2 Å². The highest BCUT2D eigenvalue weighted by Gasteiger charge is 2.23. The summed E-state index contributed by atoms with van der Waals surface area (Å²) in [6, 6.07) is 9.35. The van der Waals surface area contributed by atoms with Crippen molar-refractivity contribution in [3.05, 3.63) is 65.7 Å². The Hall–Kier alpha value is -3.32. The lowest BCUT2D eigenvalue weighted by atomic mass is 10.0. The Bertz CT molecular complexity index is 1020. The van der Waals surface area contributed by atoms with Crippen molar-refractivity contribution in [3.63, 3.8) is 0 Å². The first-order valence-corrected chi connectivity index (χ1v) is 9.19. The van der Waals surface area contributed by atoms with Gasteiger partial charge in [-0.1, -0.05) is 6.07 Å². The minimum atomic E-state index is -0.331. The van der Waals surface area contributed by atoms with Gasteiger partial charge >= 0.3 is 0 Å². The summed E-state index contributed by atoms with van der Waals surface area (Å²) < 4.78 is 0. The van der Waals surface area contributed by atoms with Crippen LogP contribution in [0.3, 0.4) is 0 Å². The van der Waals surface area contributed by atoms with Crippen LogP contribution in [0.25, 0.3) is 11.3 Å². The third-order valence-electron chi connectivity index (χ3n) is 4.95. The zero-order valence-corrected chi connectivity index (χ0v) is 15.6. The number of nitrogens with zero attached hydrogens (tertiary/aromatic N) is 4. The topological polar surface area (TPSA) is 112 Å². The van der Waals surface area contributed by atoms with E-state index in [1.54, 1.807) is 24.7 Å². The Morgan fingerprint density at radius 2 is 2.14 bits per heavy atom. The Balaban J connectivity index is 1.70. The third-order valence-corrected chi connectivity index (χ3v) is 4.95. The number of nitrogens with two attached hydrogens (primary N) is 1. The van der Waals surface area contributed by atoms with Crippen molar-refractivity contribution in [1.29, 1.82) is 5.41 Å². The molecule has 3 aromatic rings. The number of nitrogens with one attached hydrogen (secondary N) is 1. The van der Waals surface area contributed by atoms with Gasteiger partial charge in [0.1, 0.15) is 5.82 Å². The summed E-state index contributed by atoms with van der Waals surface area (Å²) in [5.74, 6) is 0.805. The fourth-order valence-electron chi connectivity index (χ4n) is 3.40. The predicted octanol–water partition coefficient (Wildman–Crippen LogP) is 2.42. The second-order valence-corrected chi connectivity index (χ2v) is 7.00. The summed E-state index contributed by atoms with van der Waals surface area (Å²) in [5, 5.41) is 18.5. The highest BCUT2D eigenvalue weighted by Crippen LogP contribution is 2.26. The molecule has 1 aliphatic heterocycles. The molecule has 0 amide bonds. The van der Waals surface area contributed by atoms with Crippen molar-refractivity contribution in [2.24, 2.45) is 0 Å². The number of aliphatic hydroxyl groups is 1. The lowest BCUT2D eigenvalue weighted by Crippen LogP contribution is -2.24. The molecule has 4 N–H and O–H groups in total. The Morgan fingerprint density at radius 1 is 1.29 bits per heavy atom. The van der Waals surface area contributed by atoms with E-state index in [0.29, 0.717) is 29.2 Å². The first-order chi connectivity index (χ1) is 13.5. The number of hydrogen-bond acceptors (Lipinski definition) is 7. The largest absolute Gasteiger partial charge is 0.397 e. The zero-order chi connectivity index (χ0) is 19.7. The number of aliphatic hydroxyl groups excluding tert-OH is 1. The fraction of sp³-hybridized carbons (Fsp3) is 0.238. The predicted molar refractivity (Wildman–Crippen MR) is 110 cm³/mol. The van der Waals surface area contributed by atoms with E-state index in [-0.39, 0.29) is 11.8 Å². The van der Waals surface area contributed by atoms with E-state index in [1.165, 1.54) is 0 Å². The van der Waals surface area contributed by atoms with Crippen molar-refractivity contribution in [3.8, 4) is 11.3 Å². The number of aromatic nitrogens is 3. The summed E-state index contributed by atoms with van der Waals surface area (Å²) >= 11 is 0. The smallest absolute Gasteiger partial charge is 0.132 e. The van der Waals surface area contributed by atoms with Gasteiger partial charge in [-0.25, -0.2) is 4.98 Å². The lowest BCUT2D eigenvalue weighted by molar-refractivity contribution is 0.198. The summed E-state index contributed by atoms with van der Waals surface area (Å²) in [7, 11) is 0. The molecule has 0 aliphatic carbocycles. The number of β-amino-alcohol motifs (C(OH)–C–C–N with tert-alkyl or cyclic N) is 1. The molecule has 142 valence electrons. The van der Waals surface area contributed by atoms with Crippen molar-refractivity contribution in [1.82, 2.24) is 15.0 Å². The van der Waals surface area contributed by atoms with E-state index in [2.05, 4.69) is 14.9 Å². The molecule has 1 atom stereocenters. The Kier molecular flexibility index (Phi) is 4.75. The highest BCUT2D eigenvalue weighted by atomic mass is 16.3. The first kappa shape index (κ1) is 18.1. The number of pyridine rings is 3. The van der Waals surface area contributed by atoms with Crippen LogP contribution in [0.2, 0.25) is 0 Å². The van der Waals surface area contributed by atoms with Gasteiger partial charge in [-0.2, -0.15) is 0 Å². The van der Waals surface area contributed by atoms with Gasteiger partial charge in [0.05, 0.1) is 35.1 Å². The normalized spacial score (nSPS) is 16.4. The molecule has 1 saturated heterocycles. The van der Waals surface area contributed by atoms with Crippen molar-refractivity contribution in [2.75, 3.05) is 23.7 Å². The average Bonchev–Trinajstić information content (AvgIpc) is 3.15. The molecule has 0 aromatic carbocycles. The molecule has 0 saturated carbocycles. The van der Waals surface area contributed by atoms with Gasteiger partial charge in [0.15, 0.2) is 0 Å². The van der Waals surface area contributed by atoms with Crippen molar-refractivity contribution in [2.45, 2.75) is 19.4 Å². The number of nitrogen functional groups attached to an aromatic ring is 1. The molecule has 0 bridgehead atoms. The third kappa shape index (κ3) is 3.44. The van der Waals surface area contributed by atoms with Gasteiger partial charge in [0.2, 0.25) is 0 Å². The summed E-state index contributed by atoms with van der Waals surface area (Å²) in [6.45, 7) is 3.31. The van der Waals surface area contributed by atoms with E-state index in [1.807, 2.05) is 31.2 Å². The van der Waals surface area contributed by atoms with Crippen LogP contribution < -0.4 is 10.6 Å². The molecule has 1 aliphatic rings. The minimum Gasteiger partial charge on any atom is -0.397 e. The van der Waals surface area contributed by atoms with Gasteiger partial charge in [0, 0.05) is 36.6 Å². The Morgan fingerprint density at radius 3 is 2.86 bits per heavy atom. The standard InChI is InChI=1S/C21H22N6O/c1-13-4-5-18(26-21(13)27-8-6-15(28)12-27)20(23)16-9-19(25-11-17(16)22)14-3-2-7-24-10-14/h2-5,7,9-11,15,23,28H,6,8,12,22H2,1H3/t15-/m1/s1. The molecule has 0 unspecified atom stereocenters. The second kappa shape index (κ2) is 7.36. The van der Waals surface area contributed by atoms with Gasteiger partial charge in [-0.3, -0.25) is 15.4 Å². The van der Waals surface area contributed by atoms with Crippen LogP contribution >= 0.6 is 0 Å². The second-order valence-electron chi connectivity index (χ2n) is 7.00. The van der Waals surface area contributed by atoms with E-state index in [0.717, 1.165) is 29.9 Å². The van der Waals surface area contributed by atoms with Crippen LogP contribution in [0.4, 0.5) is 11.5 Å². The molecule has 7 heteroatoms. The van der Waals surface area contributed by atoms with E-state index < -0.39 is 0 Å². The molecule has 28 heavy (non-hydrogen) atoms. The average molecular weight is 374 g/mol. The molecule has 0 radical (unpaired) electrons. The number of aryl methyl sites for hydroxylation is 1. The lowest BCUT2D eigenvalue weighted by Gasteiger charge is -2.20. The molecular weight excluding hydrogens is 352 g/mol. The molecule has 4 rings (SSSR count). The molecule has 0 spiro atoms. The van der Waals surface area contributed by atoms with Gasteiger partial charge in [-0.15, -0.1) is 0 Å². The van der Waals surface area contributed by atoms with Crippen LogP contribution in [-0.2, 0) is 0 Å². The molecule has 3 aromatic heterocycles. The SMILES string of the molecule is Cc1ccc(C(=N)c2cc(-c3cccnc3)ncc2N)nc1N1CC[C@@H](O)C1. The van der Waals surface area contributed by atoms with Gasteiger partial charge < -0.3 is 15.7 Å². The first-order valence-electron chi connectivity index (χ1n) is 9.19. The number of anilines is 2. The maximum atomic E-state index is 9.84. The zero-order valence-electron chi connectivity index (χ0n) is 15.6. The maximum Gasteiger partial charge on any atom is 0.132 e. The van der Waals surface area contributed by atoms with Crippen LogP contribution in [0, 0.1) is 12.3 Å². The van der Waals surface area contributed by atoms with Crippen LogP contribution in [0.5, 0.6) is 0 Å². The van der Waals surface area contributed by atoms with Gasteiger partial charge in [0.25, 0.3) is 0 Å². The minimum absolute atomic E-state index is 0.242. The summed E-state index contributed by atoms with van der Waals surface area (Å²) in [4.78, 5) is 15.3. The van der Waals surface area contributed by atoms with Crippen molar-refractivity contribution < 1.29 is 5.11 Å². The molecule has 1 fully saturated rings. The molecule has 7 nitrogen and oxygen atoms in total. The van der Waals surface area contributed by atoms with E-state index >= 15 is 0 Å². The fourth-order valence-corrected chi connectivity index (χ4v) is 3.40. The number of hydrogen-bond donors (Lipinski definition) is 3. The summed E-state index contributed by atoms with van der Waals surface area (Å²) in [6.07, 6.45) is 5.40. The van der Waals surface area contributed by atoms with E-state index in [9.17, 15) is 5.11 Å². The number of rotatable bonds is 4. The quantitative estimate of drug-likeness (QED) is 0.605. The summed E-state index contributed by atoms with van der Waals surface area (Å²) in [5.41, 5.74) is 10.5. The van der Waals surface area contributed by atoms with Crippen LogP contribution in [0.1, 0.15) is 23.2 Å². The highest BCUT2D eigenvalue weighted by molar-refractivity contribution is 6.13.